The fourth-order valence-corrected chi connectivity index (χ4v) is 14.4. The van der Waals surface area contributed by atoms with Crippen LogP contribution in [-0.2, 0) is 0 Å². The van der Waals surface area contributed by atoms with Crippen LogP contribution in [0.2, 0.25) is 0 Å². The van der Waals surface area contributed by atoms with Gasteiger partial charge in [-0.2, -0.15) is 0 Å². The monoisotopic (exact) mass is 1060 g/mol. The van der Waals surface area contributed by atoms with Crippen molar-refractivity contribution in [1.29, 1.82) is 0 Å². The largest absolute Gasteiger partial charge is 0.310 e. The van der Waals surface area contributed by atoms with Crippen LogP contribution in [0.25, 0.3) is 184 Å². The Morgan fingerprint density at radius 2 is 0.464 bits per heavy atom. The van der Waals surface area contributed by atoms with E-state index >= 15 is 0 Å². The highest BCUT2D eigenvalue weighted by Gasteiger charge is 2.22. The molecule has 0 unspecified atom stereocenters. The Morgan fingerprint density at radius 1 is 0.202 bits per heavy atom. The van der Waals surface area contributed by atoms with Crippen molar-refractivity contribution < 1.29 is 0 Å². The van der Waals surface area contributed by atoms with Crippen LogP contribution in [0.15, 0.2) is 267 Å². The number of hydrogen-bond donors (Lipinski definition) is 0. The van der Waals surface area contributed by atoms with Crippen LogP contribution in [0, 0.1) is 13.1 Å². The maximum absolute atomic E-state index is 7.76. The number of hydrogen-bond acceptors (Lipinski definition) is 0. The lowest BCUT2D eigenvalue weighted by atomic mass is 9.89. The van der Waals surface area contributed by atoms with Crippen LogP contribution in [0.3, 0.4) is 0 Å². The number of aromatic nitrogens is 2. The predicted molar refractivity (Wildman–Crippen MR) is 355 cm³/mol. The van der Waals surface area contributed by atoms with Crippen molar-refractivity contribution in [2.24, 2.45) is 0 Å². The van der Waals surface area contributed by atoms with E-state index in [0.717, 1.165) is 38.7 Å². The van der Waals surface area contributed by atoms with E-state index in [1.54, 1.807) is 0 Å². The van der Waals surface area contributed by atoms with E-state index in [-0.39, 0.29) is 0 Å². The number of nitrogens with zero attached hydrogens (tertiary/aromatic N) is 4. The van der Waals surface area contributed by atoms with Gasteiger partial charge in [0.2, 0.25) is 0 Å². The minimum absolute atomic E-state index is 0.661. The van der Waals surface area contributed by atoms with Crippen molar-refractivity contribution in [3.8, 4) is 44.8 Å². The summed E-state index contributed by atoms with van der Waals surface area (Å²) in [7, 11) is 0. The maximum Gasteiger partial charge on any atom is 0.189 e. The van der Waals surface area contributed by atoms with Gasteiger partial charge in [0.15, 0.2) is 11.4 Å². The van der Waals surface area contributed by atoms with Crippen molar-refractivity contribution >= 4 is 141 Å². The van der Waals surface area contributed by atoms with Gasteiger partial charge in [-0.1, -0.05) is 158 Å². The van der Waals surface area contributed by atoms with Crippen molar-refractivity contribution in [3.05, 3.63) is 290 Å². The van der Waals surface area contributed by atoms with Gasteiger partial charge in [0.05, 0.1) is 24.2 Å². The summed E-state index contributed by atoms with van der Waals surface area (Å²) in [5, 5.41) is 25.1. The highest BCUT2D eigenvalue weighted by molar-refractivity contribution is 6.29. The number of rotatable bonds is 5. The molecule has 0 aliphatic carbocycles. The van der Waals surface area contributed by atoms with Crippen molar-refractivity contribution in [2.75, 3.05) is 0 Å². The average molecular weight is 1060 g/mol. The van der Waals surface area contributed by atoms with Gasteiger partial charge in [0.25, 0.3) is 0 Å². The second-order valence-corrected chi connectivity index (χ2v) is 22.6. The van der Waals surface area contributed by atoms with E-state index in [1.165, 1.54) is 136 Å². The fraction of sp³-hybridized carbons (Fsp3) is 0. The molecule has 0 atom stereocenters. The van der Waals surface area contributed by atoms with Gasteiger partial charge < -0.3 is 9.13 Å². The Kier molecular flexibility index (Phi) is 9.61. The zero-order valence-corrected chi connectivity index (χ0v) is 45.2. The van der Waals surface area contributed by atoms with E-state index in [9.17, 15) is 0 Å². The summed E-state index contributed by atoms with van der Waals surface area (Å²) in [6.07, 6.45) is 0. The van der Waals surface area contributed by atoms with Gasteiger partial charge in [-0.25, -0.2) is 9.69 Å². The predicted octanol–water partition coefficient (Wildman–Crippen LogP) is 22.6. The molecule has 17 aromatic carbocycles. The third kappa shape index (κ3) is 6.74. The molecule has 19 rings (SSSR count). The molecule has 0 saturated heterocycles. The van der Waals surface area contributed by atoms with Crippen LogP contribution in [0.1, 0.15) is 0 Å². The van der Waals surface area contributed by atoms with E-state index in [2.05, 4.69) is 255 Å². The zero-order valence-electron chi connectivity index (χ0n) is 45.2. The maximum atomic E-state index is 7.76. The normalized spacial score (nSPS) is 12.0. The summed E-state index contributed by atoms with van der Waals surface area (Å²) in [6, 6.07) is 96.5. The first-order valence-corrected chi connectivity index (χ1v) is 28.5. The summed E-state index contributed by atoms with van der Waals surface area (Å²) < 4.78 is 4.66. The Bertz CT molecular complexity index is 5840. The van der Waals surface area contributed by atoms with Gasteiger partial charge in [0, 0.05) is 44.0 Å². The lowest BCUT2D eigenvalue weighted by molar-refractivity contribution is 1.18. The topological polar surface area (TPSA) is 18.6 Å². The third-order valence-electron chi connectivity index (χ3n) is 18.0. The summed E-state index contributed by atoms with van der Waals surface area (Å²) in [6.45, 7) is 15.5. The van der Waals surface area contributed by atoms with Crippen LogP contribution < -0.4 is 0 Å². The first-order valence-electron chi connectivity index (χ1n) is 28.5. The number of benzene rings is 17. The van der Waals surface area contributed by atoms with Crippen molar-refractivity contribution in [3.63, 3.8) is 0 Å². The molecule has 0 amide bonds. The molecule has 0 radical (unpaired) electrons. The van der Waals surface area contributed by atoms with Gasteiger partial charge in [-0.05, 0) is 229 Å². The van der Waals surface area contributed by atoms with Gasteiger partial charge in [-0.15, -0.1) is 0 Å². The number of para-hydroxylation sites is 2. The second-order valence-electron chi connectivity index (χ2n) is 22.6. The molecule has 84 heavy (non-hydrogen) atoms. The van der Waals surface area contributed by atoms with Crippen LogP contribution in [0.5, 0.6) is 0 Å². The lowest BCUT2D eigenvalue weighted by Gasteiger charge is -2.15. The van der Waals surface area contributed by atoms with Gasteiger partial charge in [0.1, 0.15) is 0 Å². The molecular weight excluding hydrogens is 1020 g/mol. The molecule has 19 aromatic rings. The molecular formula is C80H44N4. The first kappa shape index (κ1) is 46.2. The van der Waals surface area contributed by atoms with Crippen LogP contribution in [-0.4, -0.2) is 9.13 Å². The fourth-order valence-electron chi connectivity index (χ4n) is 14.4. The van der Waals surface area contributed by atoms with Crippen molar-refractivity contribution in [2.45, 2.75) is 0 Å². The van der Waals surface area contributed by atoms with Crippen LogP contribution in [0.4, 0.5) is 11.4 Å². The smallest absolute Gasteiger partial charge is 0.189 e. The molecule has 0 saturated carbocycles. The minimum Gasteiger partial charge on any atom is -0.310 e. The van der Waals surface area contributed by atoms with Crippen LogP contribution >= 0.6 is 0 Å². The standard InChI is InChI=1S/C43H24N2.C37H20N2/c1-44-36-23-32-17-16-31-22-35(24-38-42(31)43(32)39(25-36)45(38)37-10-6-3-7-11-37)34-20-29-14-12-27-18-33(26-8-4-2-5-9-26)19-28-13-15-30(21-34)41(29)40(27)28;1-38-30-19-27-15-14-26-18-29(20-32-36(26)37(27)33(21-30)39(32)31-8-3-2-4-9-31)28-16-24-12-10-22-6-5-7-23-11-13-25(17-28)35(24)34(22)23/h2-25H;2-21H. The highest BCUT2D eigenvalue weighted by atomic mass is 15.0. The molecule has 0 bridgehead atoms. The quantitative estimate of drug-likeness (QED) is 0.121. The Balaban J connectivity index is 0.000000129. The lowest BCUT2D eigenvalue weighted by Crippen LogP contribution is -1.93. The third-order valence-corrected chi connectivity index (χ3v) is 18.0. The molecule has 2 heterocycles. The highest BCUT2D eigenvalue weighted by Crippen LogP contribution is 2.47. The average Bonchev–Trinajstić information content (AvgIpc) is 2.31. The zero-order chi connectivity index (χ0) is 55.3. The molecule has 0 N–H and O–H groups in total. The minimum atomic E-state index is 0.661. The second kappa shape index (κ2) is 17.5. The molecule has 0 spiro atoms. The van der Waals surface area contributed by atoms with E-state index in [1.807, 2.05) is 30.3 Å². The molecule has 0 aliphatic heterocycles. The Morgan fingerprint density at radius 3 is 0.810 bits per heavy atom. The van der Waals surface area contributed by atoms with Crippen molar-refractivity contribution in [1.82, 2.24) is 9.13 Å². The van der Waals surface area contributed by atoms with Gasteiger partial charge in [-0.3, -0.25) is 0 Å². The van der Waals surface area contributed by atoms with Gasteiger partial charge >= 0.3 is 0 Å². The van der Waals surface area contributed by atoms with E-state index in [4.69, 9.17) is 13.1 Å². The summed E-state index contributed by atoms with van der Waals surface area (Å²) in [5.41, 5.74) is 15.3. The SMILES string of the molecule is [C-]#[N+]c1cc2ccc3cc(-c4cc5ccc6cc(-c7ccccc7)cc7ccc(c4)c5c67)cc4c3c2c(c1)n4-c1ccccc1.[C-]#[N+]c1cc2ccc3cc(-c4cc5ccc6cccc7ccc(c4)c5c67)cc4c3c2c(c1)n4-c1ccccc1. The molecule has 0 aliphatic rings. The summed E-state index contributed by atoms with van der Waals surface area (Å²) in [5.74, 6) is 0. The van der Waals surface area contributed by atoms with E-state index < -0.39 is 0 Å². The first-order chi connectivity index (χ1) is 41.5. The van der Waals surface area contributed by atoms with E-state index in [0.29, 0.717) is 11.4 Å². The Labute approximate surface area is 482 Å². The molecule has 384 valence electrons. The summed E-state index contributed by atoms with van der Waals surface area (Å²) >= 11 is 0. The molecule has 4 nitrogen and oxygen atoms in total. The molecule has 0 fully saturated rings. The summed E-state index contributed by atoms with van der Waals surface area (Å²) in [4.78, 5) is 7.60. The molecule has 4 heteroatoms. The molecule has 2 aromatic heterocycles. The Hall–Kier alpha value is -11.6.